The Bertz CT molecular complexity index is 663. The SMILES string of the molecule is Cc1ccccc1NC(=S)N(CCCN1CCCC1)Cc1cccs1. The van der Waals surface area contributed by atoms with E-state index in [1.54, 1.807) is 11.3 Å². The van der Waals surface area contributed by atoms with Crippen LogP contribution in [0.2, 0.25) is 0 Å². The van der Waals surface area contributed by atoms with E-state index >= 15 is 0 Å². The van der Waals surface area contributed by atoms with Crippen LogP contribution in [0.25, 0.3) is 0 Å². The van der Waals surface area contributed by atoms with Crippen LogP contribution in [-0.2, 0) is 6.54 Å². The van der Waals surface area contributed by atoms with Gasteiger partial charge in [0.25, 0.3) is 0 Å². The van der Waals surface area contributed by atoms with Gasteiger partial charge in [-0.1, -0.05) is 24.3 Å². The average molecular weight is 374 g/mol. The number of hydrogen-bond donors (Lipinski definition) is 1. The van der Waals surface area contributed by atoms with Gasteiger partial charge in [-0.2, -0.15) is 0 Å². The molecule has 0 bridgehead atoms. The molecular weight excluding hydrogens is 346 g/mol. The van der Waals surface area contributed by atoms with Gasteiger partial charge in [-0.05, 0) is 81.1 Å². The van der Waals surface area contributed by atoms with Crippen LogP contribution < -0.4 is 5.32 Å². The lowest BCUT2D eigenvalue weighted by atomic mass is 10.2. The Morgan fingerprint density at radius 1 is 1.20 bits per heavy atom. The summed E-state index contributed by atoms with van der Waals surface area (Å²) in [6.45, 7) is 7.69. The number of rotatable bonds is 7. The van der Waals surface area contributed by atoms with E-state index in [4.69, 9.17) is 12.2 Å². The quantitative estimate of drug-likeness (QED) is 0.706. The summed E-state index contributed by atoms with van der Waals surface area (Å²) in [6, 6.07) is 12.6. The third-order valence-corrected chi connectivity index (χ3v) is 5.92. The molecule has 0 aliphatic carbocycles. The average Bonchev–Trinajstić information content (AvgIpc) is 3.29. The summed E-state index contributed by atoms with van der Waals surface area (Å²) in [5.74, 6) is 0. The van der Waals surface area contributed by atoms with Gasteiger partial charge in [-0.25, -0.2) is 0 Å². The monoisotopic (exact) mass is 373 g/mol. The first-order valence-corrected chi connectivity index (χ1v) is 10.4. The van der Waals surface area contributed by atoms with Crippen molar-refractivity contribution >= 4 is 34.4 Å². The first kappa shape index (κ1) is 18.4. The van der Waals surface area contributed by atoms with Crippen molar-refractivity contribution in [2.45, 2.75) is 32.7 Å². The smallest absolute Gasteiger partial charge is 0.173 e. The molecule has 1 aliphatic heterocycles. The van der Waals surface area contributed by atoms with Gasteiger partial charge in [0.1, 0.15) is 0 Å². The summed E-state index contributed by atoms with van der Waals surface area (Å²) in [7, 11) is 0. The third kappa shape index (κ3) is 5.53. The fraction of sp³-hybridized carbons (Fsp3) is 0.450. The lowest BCUT2D eigenvalue weighted by molar-refractivity contribution is 0.307. The van der Waals surface area contributed by atoms with Crippen LogP contribution in [0.1, 0.15) is 29.7 Å². The number of para-hydroxylation sites is 1. The molecule has 134 valence electrons. The fourth-order valence-electron chi connectivity index (χ4n) is 3.24. The summed E-state index contributed by atoms with van der Waals surface area (Å²) in [6.07, 6.45) is 3.86. The molecule has 0 spiro atoms. The lowest BCUT2D eigenvalue weighted by Crippen LogP contribution is -2.36. The number of aryl methyl sites for hydroxylation is 1. The lowest BCUT2D eigenvalue weighted by Gasteiger charge is -2.27. The van der Waals surface area contributed by atoms with Gasteiger partial charge in [0.05, 0.1) is 6.54 Å². The molecule has 0 amide bonds. The highest BCUT2D eigenvalue weighted by Crippen LogP contribution is 2.17. The number of anilines is 1. The molecule has 1 aromatic heterocycles. The van der Waals surface area contributed by atoms with Gasteiger partial charge >= 0.3 is 0 Å². The van der Waals surface area contributed by atoms with E-state index in [-0.39, 0.29) is 0 Å². The van der Waals surface area contributed by atoms with Crippen LogP contribution in [0.15, 0.2) is 41.8 Å². The molecule has 0 saturated carbocycles. The van der Waals surface area contributed by atoms with Gasteiger partial charge in [0.15, 0.2) is 5.11 Å². The maximum absolute atomic E-state index is 5.74. The molecule has 25 heavy (non-hydrogen) atoms. The molecule has 1 aliphatic rings. The van der Waals surface area contributed by atoms with Gasteiger partial charge in [-0.15, -0.1) is 11.3 Å². The van der Waals surface area contributed by atoms with Crippen molar-refractivity contribution in [3.8, 4) is 0 Å². The number of nitrogens with one attached hydrogen (secondary N) is 1. The highest BCUT2D eigenvalue weighted by atomic mass is 32.1. The summed E-state index contributed by atoms with van der Waals surface area (Å²) in [4.78, 5) is 6.24. The van der Waals surface area contributed by atoms with E-state index in [1.807, 2.05) is 0 Å². The van der Waals surface area contributed by atoms with Gasteiger partial charge in [-0.3, -0.25) is 0 Å². The number of thiocarbonyl (C=S) groups is 1. The standard InChI is InChI=1S/C20H27N3S2/c1-17-8-2-3-10-19(17)21-20(24)23(16-18-9-6-15-25-18)14-7-13-22-11-4-5-12-22/h2-3,6,8-10,15H,4-5,7,11-14,16H2,1H3,(H,21,24). The van der Waals surface area contributed by atoms with Crippen molar-refractivity contribution in [2.75, 3.05) is 31.5 Å². The predicted octanol–water partition coefficient (Wildman–Crippen LogP) is 4.74. The molecule has 0 radical (unpaired) electrons. The molecule has 0 atom stereocenters. The predicted molar refractivity (Wildman–Crippen MR) is 112 cm³/mol. The van der Waals surface area contributed by atoms with Crippen LogP contribution >= 0.6 is 23.6 Å². The second-order valence-electron chi connectivity index (χ2n) is 6.65. The van der Waals surface area contributed by atoms with E-state index in [0.717, 1.165) is 30.3 Å². The minimum atomic E-state index is 0.823. The Balaban J connectivity index is 1.60. The van der Waals surface area contributed by atoms with E-state index in [1.165, 1.54) is 42.9 Å². The van der Waals surface area contributed by atoms with Crippen molar-refractivity contribution in [3.05, 3.63) is 52.2 Å². The number of hydrogen-bond acceptors (Lipinski definition) is 3. The van der Waals surface area contributed by atoms with Crippen LogP contribution in [-0.4, -0.2) is 41.1 Å². The van der Waals surface area contributed by atoms with Crippen LogP contribution in [0.3, 0.4) is 0 Å². The van der Waals surface area contributed by atoms with E-state index in [2.05, 4.69) is 63.8 Å². The minimum Gasteiger partial charge on any atom is -0.344 e. The molecule has 1 saturated heterocycles. The number of likely N-dealkylation sites (tertiary alicyclic amines) is 1. The summed E-state index contributed by atoms with van der Waals surface area (Å²) in [5, 5.41) is 6.41. The van der Waals surface area contributed by atoms with E-state index in [9.17, 15) is 0 Å². The molecule has 1 N–H and O–H groups in total. The first-order valence-electron chi connectivity index (χ1n) is 9.08. The number of thiophene rings is 1. The Morgan fingerprint density at radius 2 is 2.00 bits per heavy atom. The van der Waals surface area contributed by atoms with Crippen LogP contribution in [0.4, 0.5) is 5.69 Å². The summed E-state index contributed by atoms with van der Waals surface area (Å²) in [5.41, 5.74) is 2.32. The second-order valence-corrected chi connectivity index (χ2v) is 8.07. The Kier molecular flexibility index (Phi) is 6.84. The highest BCUT2D eigenvalue weighted by molar-refractivity contribution is 7.80. The van der Waals surface area contributed by atoms with Crippen molar-refractivity contribution < 1.29 is 0 Å². The van der Waals surface area contributed by atoms with Crippen LogP contribution in [0, 0.1) is 6.92 Å². The first-order chi connectivity index (χ1) is 12.2. The molecule has 2 aromatic rings. The molecular formula is C20H27N3S2. The van der Waals surface area contributed by atoms with Gasteiger partial charge < -0.3 is 15.1 Å². The maximum Gasteiger partial charge on any atom is 0.173 e. The number of benzene rings is 1. The second kappa shape index (κ2) is 9.32. The number of nitrogens with zero attached hydrogens (tertiary/aromatic N) is 2. The summed E-state index contributed by atoms with van der Waals surface area (Å²) < 4.78 is 0. The zero-order valence-electron chi connectivity index (χ0n) is 14.9. The Hall–Kier alpha value is -1.43. The topological polar surface area (TPSA) is 18.5 Å². The maximum atomic E-state index is 5.74. The van der Waals surface area contributed by atoms with Crippen molar-refractivity contribution in [1.82, 2.24) is 9.80 Å². The van der Waals surface area contributed by atoms with Gasteiger partial charge in [0.2, 0.25) is 0 Å². The zero-order valence-corrected chi connectivity index (χ0v) is 16.5. The summed E-state index contributed by atoms with van der Waals surface area (Å²) >= 11 is 7.54. The molecule has 1 fully saturated rings. The Labute approximate surface area is 160 Å². The Morgan fingerprint density at radius 3 is 2.72 bits per heavy atom. The molecule has 3 rings (SSSR count). The largest absolute Gasteiger partial charge is 0.344 e. The van der Waals surface area contributed by atoms with E-state index < -0.39 is 0 Å². The molecule has 0 unspecified atom stereocenters. The van der Waals surface area contributed by atoms with E-state index in [0.29, 0.717) is 0 Å². The molecule has 2 heterocycles. The van der Waals surface area contributed by atoms with Crippen molar-refractivity contribution in [3.63, 3.8) is 0 Å². The third-order valence-electron chi connectivity index (χ3n) is 4.70. The fourth-order valence-corrected chi connectivity index (χ4v) is 4.23. The van der Waals surface area contributed by atoms with Crippen molar-refractivity contribution in [1.29, 1.82) is 0 Å². The molecule has 3 nitrogen and oxygen atoms in total. The van der Waals surface area contributed by atoms with Gasteiger partial charge in [0, 0.05) is 17.1 Å². The highest BCUT2D eigenvalue weighted by Gasteiger charge is 2.15. The molecule has 1 aromatic carbocycles. The minimum absolute atomic E-state index is 0.823. The zero-order chi connectivity index (χ0) is 17.5. The molecule has 5 heteroatoms. The van der Waals surface area contributed by atoms with Crippen LogP contribution in [0.5, 0.6) is 0 Å². The normalized spacial score (nSPS) is 14.6. The van der Waals surface area contributed by atoms with Crippen molar-refractivity contribution in [2.24, 2.45) is 0 Å².